The molecule has 1 aliphatic heterocycles. The van der Waals surface area contributed by atoms with Gasteiger partial charge in [-0.15, -0.1) is 0 Å². The molecule has 0 radical (unpaired) electrons. The molecule has 13 heteroatoms. The predicted molar refractivity (Wildman–Crippen MR) is 141 cm³/mol. The topological polar surface area (TPSA) is 110 Å². The molecule has 1 saturated heterocycles. The zero-order valence-electron chi connectivity index (χ0n) is 21.7. The van der Waals surface area contributed by atoms with E-state index in [-0.39, 0.29) is 26.6 Å². The van der Waals surface area contributed by atoms with E-state index in [4.69, 9.17) is 33.1 Å². The van der Waals surface area contributed by atoms with Crippen LogP contribution in [0, 0.1) is 28.4 Å². The summed E-state index contributed by atoms with van der Waals surface area (Å²) in [5.41, 5.74) is -1.89. The molecule has 222 valence electrons. The molecule has 0 bridgehead atoms. The number of halogens is 7. The van der Waals surface area contributed by atoms with Crippen molar-refractivity contribution in [2.75, 3.05) is 0 Å². The first-order valence-corrected chi connectivity index (χ1v) is 13.4. The van der Waals surface area contributed by atoms with E-state index < -0.39 is 53.2 Å². The molecule has 1 saturated carbocycles. The van der Waals surface area contributed by atoms with Crippen molar-refractivity contribution in [3.63, 3.8) is 0 Å². The van der Waals surface area contributed by atoms with Crippen molar-refractivity contribution >= 4 is 35.1 Å². The minimum Gasteiger partial charge on any atom is -0.480 e. The van der Waals surface area contributed by atoms with E-state index in [9.17, 15) is 28.3 Å². The molecule has 1 heterocycles. The first-order chi connectivity index (χ1) is 19.1. The Labute approximate surface area is 243 Å². The first kappa shape index (κ1) is 32.6. The van der Waals surface area contributed by atoms with Crippen LogP contribution in [0.25, 0.3) is 0 Å². The summed E-state index contributed by atoms with van der Waals surface area (Å²) in [5, 5.41) is 31.0. The maximum absolute atomic E-state index is 15.4. The highest BCUT2D eigenvalue weighted by atomic mass is 35.5. The van der Waals surface area contributed by atoms with Crippen molar-refractivity contribution in [2.24, 2.45) is 5.41 Å². The Hall–Kier alpha value is -2.94. The standard InChI is InChI=1S/C26H26Cl2F2N2O2.C2HF3O2/c1-25(10-3-2-4-11-25)13-20-26(14-31,17-9-8-15(27)12-19(17)29)21(23(32-20)24(33)34)16-6-5-7-18(28)22(16)30;3-2(4,5)1(6)7/h5-9,12,20-21,23,32H,2-4,10-11,13H2,1H3,(H,33,34);(H,6,7). The van der Waals surface area contributed by atoms with E-state index in [1.165, 1.54) is 30.3 Å². The van der Waals surface area contributed by atoms with Gasteiger partial charge in [-0.25, -0.2) is 13.6 Å². The lowest BCUT2D eigenvalue weighted by Gasteiger charge is -2.41. The number of carboxylic acids is 2. The number of hydrogen-bond donors (Lipinski definition) is 3. The van der Waals surface area contributed by atoms with E-state index in [1.807, 2.05) is 0 Å². The van der Waals surface area contributed by atoms with Crippen molar-refractivity contribution in [3.8, 4) is 6.07 Å². The number of benzene rings is 2. The lowest BCUT2D eigenvalue weighted by atomic mass is 9.61. The fourth-order valence-corrected chi connectivity index (χ4v) is 6.37. The number of carboxylic acid groups (broad SMARTS) is 2. The average molecular weight is 621 g/mol. The molecule has 0 aromatic heterocycles. The van der Waals surface area contributed by atoms with Gasteiger partial charge < -0.3 is 10.2 Å². The van der Waals surface area contributed by atoms with E-state index in [1.54, 1.807) is 0 Å². The monoisotopic (exact) mass is 620 g/mol. The molecule has 0 spiro atoms. The fraction of sp³-hybridized carbons (Fsp3) is 0.464. The quantitative estimate of drug-likeness (QED) is 0.304. The second-order valence-corrected chi connectivity index (χ2v) is 11.5. The highest BCUT2D eigenvalue weighted by Crippen LogP contribution is 2.54. The van der Waals surface area contributed by atoms with Gasteiger partial charge in [0.05, 0.1) is 11.1 Å². The largest absolute Gasteiger partial charge is 0.490 e. The lowest BCUT2D eigenvalue weighted by molar-refractivity contribution is -0.192. The number of carbonyl (C=O) groups is 2. The smallest absolute Gasteiger partial charge is 0.480 e. The Balaban J connectivity index is 0.000000587. The van der Waals surface area contributed by atoms with Crippen LogP contribution in [0.15, 0.2) is 36.4 Å². The molecule has 2 aromatic rings. The Morgan fingerprint density at radius 2 is 1.71 bits per heavy atom. The highest BCUT2D eigenvalue weighted by molar-refractivity contribution is 6.31. The van der Waals surface area contributed by atoms with Gasteiger partial charge in [-0.3, -0.25) is 10.1 Å². The zero-order valence-corrected chi connectivity index (χ0v) is 23.3. The van der Waals surface area contributed by atoms with Gasteiger partial charge in [0.1, 0.15) is 23.1 Å². The zero-order chi connectivity index (χ0) is 30.8. The van der Waals surface area contributed by atoms with Gasteiger partial charge in [0.15, 0.2) is 0 Å². The number of aliphatic carboxylic acids is 2. The number of hydrogen-bond acceptors (Lipinski definition) is 4. The summed E-state index contributed by atoms with van der Waals surface area (Å²) in [7, 11) is 0. The van der Waals surface area contributed by atoms with Crippen LogP contribution in [0.5, 0.6) is 0 Å². The third-order valence-corrected chi connectivity index (χ3v) is 8.43. The van der Waals surface area contributed by atoms with Gasteiger partial charge in [0.2, 0.25) is 0 Å². The van der Waals surface area contributed by atoms with E-state index >= 15 is 8.78 Å². The molecule has 6 nitrogen and oxygen atoms in total. The SMILES string of the molecule is CC1(CC2NC(C(=O)O)C(c3cccc(Cl)c3F)C2(C#N)c2ccc(Cl)cc2F)CCCCC1.O=C(O)C(F)(F)F. The Morgan fingerprint density at radius 3 is 2.22 bits per heavy atom. The summed E-state index contributed by atoms with van der Waals surface area (Å²) < 4.78 is 62.5. The van der Waals surface area contributed by atoms with Gasteiger partial charge in [0.25, 0.3) is 0 Å². The molecule has 1 aliphatic carbocycles. The van der Waals surface area contributed by atoms with Crippen LogP contribution in [-0.2, 0) is 15.0 Å². The van der Waals surface area contributed by atoms with E-state index in [2.05, 4.69) is 18.3 Å². The Morgan fingerprint density at radius 1 is 1.10 bits per heavy atom. The first-order valence-electron chi connectivity index (χ1n) is 12.7. The van der Waals surface area contributed by atoms with E-state index in [0.717, 1.165) is 38.2 Å². The summed E-state index contributed by atoms with van der Waals surface area (Å²) in [5.74, 6) is -6.75. The predicted octanol–water partition coefficient (Wildman–Crippen LogP) is 7.24. The molecule has 4 unspecified atom stereocenters. The molecule has 4 atom stereocenters. The summed E-state index contributed by atoms with van der Waals surface area (Å²) in [6.07, 6.45) is 0.398. The molecule has 41 heavy (non-hydrogen) atoms. The molecular weight excluding hydrogens is 594 g/mol. The molecule has 3 N–H and O–H groups in total. The molecular formula is C28H27Cl2F5N2O4. The maximum Gasteiger partial charge on any atom is 0.490 e. The van der Waals surface area contributed by atoms with Gasteiger partial charge in [-0.2, -0.15) is 18.4 Å². The number of nitrogens with zero attached hydrogens (tertiary/aromatic N) is 1. The van der Waals surface area contributed by atoms with Gasteiger partial charge in [-0.1, -0.05) is 67.6 Å². The van der Waals surface area contributed by atoms with Crippen molar-refractivity contribution < 1.29 is 41.8 Å². The third-order valence-electron chi connectivity index (χ3n) is 7.90. The second-order valence-electron chi connectivity index (χ2n) is 10.6. The van der Waals surface area contributed by atoms with Crippen LogP contribution < -0.4 is 5.32 Å². The lowest BCUT2D eigenvalue weighted by Crippen LogP contribution is -2.46. The molecule has 0 amide bonds. The Bertz CT molecular complexity index is 1340. The number of rotatable bonds is 5. The fourth-order valence-electron chi connectivity index (χ4n) is 6.03. The van der Waals surface area contributed by atoms with Crippen molar-refractivity contribution in [1.82, 2.24) is 5.32 Å². The summed E-state index contributed by atoms with van der Waals surface area (Å²) in [4.78, 5) is 21.3. The maximum atomic E-state index is 15.4. The summed E-state index contributed by atoms with van der Waals surface area (Å²) >= 11 is 12.0. The van der Waals surface area contributed by atoms with Crippen LogP contribution in [0.4, 0.5) is 22.0 Å². The minimum atomic E-state index is -5.08. The Kier molecular flexibility index (Phi) is 9.94. The molecule has 2 aromatic carbocycles. The van der Waals surface area contributed by atoms with Crippen molar-refractivity contribution in [1.29, 1.82) is 5.26 Å². The molecule has 2 aliphatic rings. The van der Waals surface area contributed by atoms with Gasteiger partial charge in [0, 0.05) is 22.5 Å². The minimum absolute atomic E-state index is 0.00411. The van der Waals surface area contributed by atoms with Crippen LogP contribution in [-0.4, -0.2) is 40.4 Å². The van der Waals surface area contributed by atoms with Crippen LogP contribution in [0.3, 0.4) is 0 Å². The highest BCUT2D eigenvalue weighted by Gasteiger charge is 2.61. The van der Waals surface area contributed by atoms with Crippen LogP contribution in [0.2, 0.25) is 10.0 Å². The van der Waals surface area contributed by atoms with Gasteiger partial charge >= 0.3 is 18.1 Å². The van der Waals surface area contributed by atoms with Gasteiger partial charge in [-0.05, 0) is 48.4 Å². The average Bonchev–Trinajstić information content (AvgIpc) is 3.20. The number of nitrogens with one attached hydrogen (secondary N) is 1. The van der Waals surface area contributed by atoms with Crippen LogP contribution in [0.1, 0.15) is 62.5 Å². The number of alkyl halides is 3. The second kappa shape index (κ2) is 12.5. The molecule has 4 rings (SSSR count). The van der Waals surface area contributed by atoms with E-state index in [0.29, 0.717) is 6.42 Å². The van der Waals surface area contributed by atoms with Crippen molar-refractivity contribution in [3.05, 3.63) is 69.2 Å². The summed E-state index contributed by atoms with van der Waals surface area (Å²) in [6.45, 7) is 2.12. The van der Waals surface area contributed by atoms with Crippen molar-refractivity contribution in [2.45, 2.75) is 75.0 Å². The normalized spacial score (nSPS) is 25.5. The summed E-state index contributed by atoms with van der Waals surface area (Å²) in [6, 6.07) is 8.50. The molecule has 2 fully saturated rings. The third kappa shape index (κ3) is 6.76. The van der Waals surface area contributed by atoms with Crippen LogP contribution >= 0.6 is 23.2 Å². The number of nitriles is 1.